The fourth-order valence-electron chi connectivity index (χ4n) is 3.86. The third-order valence-electron chi connectivity index (χ3n) is 5.23. The molecule has 4 aromatic rings. The van der Waals surface area contributed by atoms with Crippen molar-refractivity contribution in [3.05, 3.63) is 67.1 Å². The summed E-state index contributed by atoms with van der Waals surface area (Å²) >= 11 is 0. The first-order chi connectivity index (χ1) is 14.3. The Morgan fingerprint density at radius 1 is 1.03 bits per heavy atom. The molecule has 3 heterocycles. The van der Waals surface area contributed by atoms with Crippen LogP contribution in [0.15, 0.2) is 67.1 Å². The molecule has 1 fully saturated rings. The van der Waals surface area contributed by atoms with E-state index in [-0.39, 0.29) is 6.04 Å². The zero-order valence-corrected chi connectivity index (χ0v) is 16.0. The Hall–Kier alpha value is -3.19. The number of aromatic nitrogens is 4. The van der Waals surface area contributed by atoms with Gasteiger partial charge in [0.25, 0.3) is 0 Å². The van der Waals surface area contributed by atoms with Crippen LogP contribution in [0.4, 0.5) is 0 Å². The summed E-state index contributed by atoms with van der Waals surface area (Å²) in [7, 11) is 6.06. The molecule has 1 atom stereocenters. The topological polar surface area (TPSA) is 56.1 Å². The van der Waals surface area contributed by atoms with Crippen LogP contribution in [-0.4, -0.2) is 45.6 Å². The SMILES string of the molecule is [B]N1CCCC(n2nc(-c3cccc(Oc4ccccc4)c3)c3cncnc32)C1. The van der Waals surface area contributed by atoms with Crippen molar-refractivity contribution >= 4 is 19.0 Å². The van der Waals surface area contributed by atoms with Gasteiger partial charge in [-0.1, -0.05) is 30.3 Å². The van der Waals surface area contributed by atoms with E-state index in [1.807, 2.05) is 70.3 Å². The van der Waals surface area contributed by atoms with E-state index in [0.29, 0.717) is 0 Å². The van der Waals surface area contributed by atoms with E-state index in [2.05, 4.69) is 9.97 Å². The summed E-state index contributed by atoms with van der Waals surface area (Å²) in [5.41, 5.74) is 2.66. The highest BCUT2D eigenvalue weighted by Crippen LogP contribution is 2.33. The number of nitrogens with zero attached hydrogens (tertiary/aromatic N) is 5. The molecule has 2 aromatic carbocycles. The van der Waals surface area contributed by atoms with E-state index in [1.54, 1.807) is 6.33 Å². The maximum absolute atomic E-state index is 6.06. The smallest absolute Gasteiger partial charge is 0.182 e. The number of ether oxygens (including phenoxy) is 1. The number of hydrogen-bond donors (Lipinski definition) is 0. The highest BCUT2D eigenvalue weighted by Gasteiger charge is 2.24. The maximum Gasteiger partial charge on any atom is 0.182 e. The van der Waals surface area contributed by atoms with Gasteiger partial charge in [0.2, 0.25) is 0 Å². The van der Waals surface area contributed by atoms with E-state index in [9.17, 15) is 0 Å². The number of fused-ring (bicyclic) bond motifs is 1. The van der Waals surface area contributed by atoms with Crippen LogP contribution in [0.1, 0.15) is 18.9 Å². The van der Waals surface area contributed by atoms with Crippen LogP contribution in [-0.2, 0) is 0 Å². The third kappa shape index (κ3) is 3.61. The predicted octanol–water partition coefficient (Wildman–Crippen LogP) is 4.01. The third-order valence-corrected chi connectivity index (χ3v) is 5.23. The van der Waals surface area contributed by atoms with Crippen LogP contribution in [0.3, 0.4) is 0 Å². The summed E-state index contributed by atoms with van der Waals surface area (Å²) in [5.74, 6) is 1.56. The molecule has 0 amide bonds. The predicted molar refractivity (Wildman–Crippen MR) is 113 cm³/mol. The second-order valence-corrected chi connectivity index (χ2v) is 7.29. The summed E-state index contributed by atoms with van der Waals surface area (Å²) in [4.78, 5) is 10.6. The molecule has 0 N–H and O–H groups in total. The zero-order valence-electron chi connectivity index (χ0n) is 16.0. The van der Waals surface area contributed by atoms with Gasteiger partial charge < -0.3 is 9.55 Å². The molecule has 2 aromatic heterocycles. The van der Waals surface area contributed by atoms with Crippen molar-refractivity contribution in [3.63, 3.8) is 0 Å². The average Bonchev–Trinajstić information content (AvgIpc) is 3.15. The van der Waals surface area contributed by atoms with Crippen molar-refractivity contribution in [2.45, 2.75) is 18.9 Å². The summed E-state index contributed by atoms with van der Waals surface area (Å²) in [5, 5.41) is 5.87. The van der Waals surface area contributed by atoms with Gasteiger partial charge in [-0.25, -0.2) is 14.6 Å². The van der Waals surface area contributed by atoms with E-state index in [4.69, 9.17) is 17.8 Å². The van der Waals surface area contributed by atoms with Crippen LogP contribution in [0, 0.1) is 0 Å². The monoisotopic (exact) mass is 381 g/mol. The van der Waals surface area contributed by atoms with Gasteiger partial charge in [-0.15, -0.1) is 0 Å². The molecule has 2 radical (unpaired) electrons. The lowest BCUT2D eigenvalue weighted by molar-refractivity contribution is 0.265. The quantitative estimate of drug-likeness (QED) is 0.500. The van der Waals surface area contributed by atoms with Gasteiger partial charge in [0.1, 0.15) is 23.5 Å². The molecule has 29 heavy (non-hydrogen) atoms. The van der Waals surface area contributed by atoms with Gasteiger partial charge >= 0.3 is 0 Å². The lowest BCUT2D eigenvalue weighted by atomic mass is 10.0. The average molecular weight is 381 g/mol. The van der Waals surface area contributed by atoms with Gasteiger partial charge in [0.15, 0.2) is 13.6 Å². The lowest BCUT2D eigenvalue weighted by Gasteiger charge is -2.30. The molecule has 142 valence electrons. The first-order valence-corrected chi connectivity index (χ1v) is 9.79. The molecule has 1 aliphatic rings. The minimum Gasteiger partial charge on any atom is -0.457 e. The van der Waals surface area contributed by atoms with Crippen LogP contribution in [0.2, 0.25) is 0 Å². The van der Waals surface area contributed by atoms with E-state index in [1.165, 1.54) is 0 Å². The first-order valence-electron chi connectivity index (χ1n) is 9.79. The Labute approximate surface area is 170 Å². The van der Waals surface area contributed by atoms with Crippen molar-refractivity contribution < 1.29 is 4.74 Å². The summed E-state index contributed by atoms with van der Waals surface area (Å²) in [6, 6.07) is 17.9. The molecule has 0 spiro atoms. The zero-order chi connectivity index (χ0) is 19.6. The molecule has 5 rings (SSSR count). The number of piperidine rings is 1. The Morgan fingerprint density at radius 3 is 2.76 bits per heavy atom. The van der Waals surface area contributed by atoms with Gasteiger partial charge in [-0.05, 0) is 43.7 Å². The van der Waals surface area contributed by atoms with Crippen LogP contribution >= 0.6 is 0 Å². The molecular formula is C22H20BN5O. The number of hydrogen-bond acceptors (Lipinski definition) is 5. The number of rotatable bonds is 4. The van der Waals surface area contributed by atoms with E-state index in [0.717, 1.165) is 59.7 Å². The van der Waals surface area contributed by atoms with E-state index >= 15 is 0 Å². The fourth-order valence-corrected chi connectivity index (χ4v) is 3.86. The van der Waals surface area contributed by atoms with Crippen molar-refractivity contribution in [1.82, 2.24) is 24.6 Å². The van der Waals surface area contributed by atoms with Crippen molar-refractivity contribution in [2.75, 3.05) is 13.1 Å². The lowest BCUT2D eigenvalue weighted by Crippen LogP contribution is -2.35. The maximum atomic E-state index is 6.06. The van der Waals surface area contributed by atoms with Crippen LogP contribution in [0.5, 0.6) is 11.5 Å². The Morgan fingerprint density at radius 2 is 1.90 bits per heavy atom. The second-order valence-electron chi connectivity index (χ2n) is 7.29. The number of para-hydroxylation sites is 1. The van der Waals surface area contributed by atoms with Crippen LogP contribution in [0.25, 0.3) is 22.3 Å². The second kappa shape index (κ2) is 7.68. The molecule has 7 heteroatoms. The molecular weight excluding hydrogens is 361 g/mol. The summed E-state index contributed by atoms with van der Waals surface area (Å²) in [6.07, 6.45) is 5.48. The first kappa shape index (κ1) is 17.9. The Balaban J connectivity index is 1.54. The fraction of sp³-hybridized carbons (Fsp3) is 0.227. The molecule has 0 aliphatic carbocycles. The molecule has 0 bridgehead atoms. The molecule has 1 unspecified atom stereocenters. The highest BCUT2D eigenvalue weighted by atomic mass is 16.5. The standard InChI is InChI=1S/C22H20BN5O/c23-27-11-5-7-17(14-27)28-22-20(13-24-15-25-22)21(26-28)16-6-4-10-19(12-16)29-18-8-2-1-3-9-18/h1-4,6,8-10,12-13,15,17H,5,7,11,14H2. The van der Waals surface area contributed by atoms with Crippen molar-refractivity contribution in [1.29, 1.82) is 0 Å². The van der Waals surface area contributed by atoms with Crippen molar-refractivity contribution in [3.8, 4) is 22.8 Å². The van der Waals surface area contributed by atoms with Gasteiger partial charge in [0, 0.05) is 18.3 Å². The summed E-state index contributed by atoms with van der Waals surface area (Å²) < 4.78 is 8.01. The molecule has 1 aliphatic heterocycles. The van der Waals surface area contributed by atoms with Crippen molar-refractivity contribution in [2.24, 2.45) is 0 Å². The molecule has 0 saturated carbocycles. The summed E-state index contributed by atoms with van der Waals surface area (Å²) in [6.45, 7) is 1.67. The Kier molecular flexibility index (Phi) is 4.73. The highest BCUT2D eigenvalue weighted by molar-refractivity contribution is 6.04. The van der Waals surface area contributed by atoms with E-state index < -0.39 is 0 Å². The minimum absolute atomic E-state index is 0.198. The van der Waals surface area contributed by atoms with Gasteiger partial charge in [-0.3, -0.25) is 0 Å². The Bertz CT molecular complexity index is 1130. The minimum atomic E-state index is 0.198. The number of benzene rings is 2. The normalized spacial score (nSPS) is 17.4. The van der Waals surface area contributed by atoms with Gasteiger partial charge in [-0.2, -0.15) is 5.10 Å². The largest absolute Gasteiger partial charge is 0.457 e. The molecule has 6 nitrogen and oxygen atoms in total. The molecule has 1 saturated heterocycles. The van der Waals surface area contributed by atoms with Gasteiger partial charge in [0.05, 0.1) is 11.4 Å². The van der Waals surface area contributed by atoms with Crippen LogP contribution < -0.4 is 4.74 Å².